The lowest BCUT2D eigenvalue weighted by molar-refractivity contribution is 0.161. The normalized spacial score (nSPS) is 23.6. The molecule has 14 heavy (non-hydrogen) atoms. The van der Waals surface area contributed by atoms with Gasteiger partial charge in [0.25, 0.3) is 0 Å². The number of hydrogen-bond donors (Lipinski definition) is 1. The third kappa shape index (κ3) is 2.96. The summed E-state index contributed by atoms with van der Waals surface area (Å²) in [7, 11) is 0. The van der Waals surface area contributed by atoms with E-state index in [0.29, 0.717) is 0 Å². The SMILES string of the molecule is CCC(CC)N1CCCC1CCCN. The molecule has 0 amide bonds. The van der Waals surface area contributed by atoms with Crippen LogP contribution in [0.3, 0.4) is 0 Å². The van der Waals surface area contributed by atoms with Gasteiger partial charge in [-0.2, -0.15) is 0 Å². The van der Waals surface area contributed by atoms with Crippen LogP contribution in [0.4, 0.5) is 0 Å². The van der Waals surface area contributed by atoms with Crippen LogP contribution < -0.4 is 5.73 Å². The van der Waals surface area contributed by atoms with Gasteiger partial charge in [0.15, 0.2) is 0 Å². The van der Waals surface area contributed by atoms with E-state index in [4.69, 9.17) is 5.73 Å². The molecular weight excluding hydrogens is 172 g/mol. The minimum Gasteiger partial charge on any atom is -0.330 e. The van der Waals surface area contributed by atoms with Crippen molar-refractivity contribution in [3.8, 4) is 0 Å². The highest BCUT2D eigenvalue weighted by atomic mass is 15.2. The first-order valence-corrected chi connectivity index (χ1v) is 6.29. The van der Waals surface area contributed by atoms with E-state index in [1.165, 1.54) is 45.1 Å². The van der Waals surface area contributed by atoms with Crippen LogP contribution in [0.25, 0.3) is 0 Å². The topological polar surface area (TPSA) is 29.3 Å². The molecule has 2 N–H and O–H groups in total. The van der Waals surface area contributed by atoms with E-state index in [2.05, 4.69) is 18.7 Å². The molecule has 1 fully saturated rings. The second kappa shape index (κ2) is 6.41. The molecule has 0 saturated carbocycles. The Labute approximate surface area is 88.8 Å². The quantitative estimate of drug-likeness (QED) is 0.710. The highest BCUT2D eigenvalue weighted by Gasteiger charge is 2.27. The Bertz CT molecular complexity index is 143. The minimum absolute atomic E-state index is 0.820. The van der Waals surface area contributed by atoms with Crippen molar-refractivity contribution in [3.05, 3.63) is 0 Å². The summed E-state index contributed by atoms with van der Waals surface area (Å²) in [5, 5.41) is 0. The minimum atomic E-state index is 0.820. The predicted octanol–water partition coefficient (Wildman–Crippen LogP) is 2.38. The number of hydrogen-bond acceptors (Lipinski definition) is 2. The van der Waals surface area contributed by atoms with Gasteiger partial charge in [0.2, 0.25) is 0 Å². The van der Waals surface area contributed by atoms with Crippen molar-refractivity contribution in [2.75, 3.05) is 13.1 Å². The van der Waals surface area contributed by atoms with Crippen LogP contribution in [-0.2, 0) is 0 Å². The molecule has 1 heterocycles. The van der Waals surface area contributed by atoms with Gasteiger partial charge in [-0.1, -0.05) is 13.8 Å². The number of nitrogens with zero attached hydrogens (tertiary/aromatic N) is 1. The Morgan fingerprint density at radius 3 is 2.64 bits per heavy atom. The van der Waals surface area contributed by atoms with Crippen molar-refractivity contribution in [2.24, 2.45) is 5.73 Å². The third-order valence-electron chi connectivity index (χ3n) is 3.58. The molecule has 1 unspecified atom stereocenters. The number of likely N-dealkylation sites (tertiary alicyclic amines) is 1. The average Bonchev–Trinajstić information content (AvgIpc) is 2.65. The van der Waals surface area contributed by atoms with Crippen LogP contribution in [0.15, 0.2) is 0 Å². The number of nitrogens with two attached hydrogens (primary N) is 1. The summed E-state index contributed by atoms with van der Waals surface area (Å²) in [5.74, 6) is 0. The highest BCUT2D eigenvalue weighted by Crippen LogP contribution is 2.25. The van der Waals surface area contributed by atoms with Crippen LogP contribution in [0.2, 0.25) is 0 Å². The van der Waals surface area contributed by atoms with Crippen molar-refractivity contribution >= 4 is 0 Å². The molecule has 1 rings (SSSR count). The molecule has 0 aliphatic carbocycles. The van der Waals surface area contributed by atoms with E-state index < -0.39 is 0 Å². The molecule has 1 atom stereocenters. The average molecular weight is 198 g/mol. The van der Waals surface area contributed by atoms with Gasteiger partial charge in [0.05, 0.1) is 0 Å². The van der Waals surface area contributed by atoms with E-state index in [1.54, 1.807) is 0 Å². The van der Waals surface area contributed by atoms with Crippen LogP contribution in [0.5, 0.6) is 0 Å². The standard InChI is InChI=1S/C12H26N2/c1-3-11(4-2)14-10-6-8-12(14)7-5-9-13/h11-12H,3-10,13H2,1-2H3. The first-order chi connectivity index (χ1) is 6.83. The van der Waals surface area contributed by atoms with Crippen LogP contribution in [0, 0.1) is 0 Å². The van der Waals surface area contributed by atoms with E-state index in [1.807, 2.05) is 0 Å². The molecule has 1 aliphatic rings. The summed E-state index contributed by atoms with van der Waals surface area (Å²) < 4.78 is 0. The summed E-state index contributed by atoms with van der Waals surface area (Å²) in [5.41, 5.74) is 5.57. The van der Waals surface area contributed by atoms with Crippen molar-refractivity contribution < 1.29 is 0 Å². The zero-order valence-corrected chi connectivity index (χ0v) is 9.84. The molecule has 0 radical (unpaired) electrons. The maximum atomic E-state index is 5.57. The first kappa shape index (κ1) is 12.0. The Morgan fingerprint density at radius 2 is 2.07 bits per heavy atom. The number of rotatable bonds is 6. The first-order valence-electron chi connectivity index (χ1n) is 6.29. The van der Waals surface area contributed by atoms with Crippen molar-refractivity contribution in [3.63, 3.8) is 0 Å². The van der Waals surface area contributed by atoms with Gasteiger partial charge in [-0.05, 0) is 51.6 Å². The largest absolute Gasteiger partial charge is 0.330 e. The van der Waals surface area contributed by atoms with E-state index in [-0.39, 0.29) is 0 Å². The molecule has 1 aliphatic heterocycles. The van der Waals surface area contributed by atoms with Gasteiger partial charge in [-0.3, -0.25) is 4.90 Å². The molecule has 0 bridgehead atoms. The molecule has 0 aromatic carbocycles. The van der Waals surface area contributed by atoms with Gasteiger partial charge in [0.1, 0.15) is 0 Å². The molecule has 1 saturated heterocycles. The summed E-state index contributed by atoms with van der Waals surface area (Å²) in [6.07, 6.45) is 7.90. The molecular formula is C12H26N2. The fraction of sp³-hybridized carbons (Fsp3) is 1.00. The Hall–Kier alpha value is -0.0800. The fourth-order valence-electron chi connectivity index (χ4n) is 2.76. The zero-order chi connectivity index (χ0) is 10.4. The molecule has 0 aromatic heterocycles. The summed E-state index contributed by atoms with van der Waals surface area (Å²) >= 11 is 0. The van der Waals surface area contributed by atoms with Gasteiger partial charge >= 0.3 is 0 Å². The van der Waals surface area contributed by atoms with E-state index in [9.17, 15) is 0 Å². The Kier molecular flexibility index (Phi) is 5.49. The smallest absolute Gasteiger partial charge is 0.00991 e. The third-order valence-corrected chi connectivity index (χ3v) is 3.58. The predicted molar refractivity (Wildman–Crippen MR) is 62.4 cm³/mol. The lowest BCUT2D eigenvalue weighted by Crippen LogP contribution is -2.38. The summed E-state index contributed by atoms with van der Waals surface area (Å²) in [4.78, 5) is 2.73. The lowest BCUT2D eigenvalue weighted by atomic mass is 10.1. The summed E-state index contributed by atoms with van der Waals surface area (Å²) in [6.45, 7) is 6.80. The highest BCUT2D eigenvalue weighted by molar-refractivity contribution is 4.83. The molecule has 0 aromatic rings. The zero-order valence-electron chi connectivity index (χ0n) is 9.84. The summed E-state index contributed by atoms with van der Waals surface area (Å²) in [6, 6.07) is 1.66. The van der Waals surface area contributed by atoms with Crippen molar-refractivity contribution in [1.29, 1.82) is 0 Å². The van der Waals surface area contributed by atoms with E-state index in [0.717, 1.165) is 18.6 Å². The van der Waals surface area contributed by atoms with Crippen molar-refractivity contribution in [2.45, 2.75) is 64.5 Å². The van der Waals surface area contributed by atoms with Crippen LogP contribution in [-0.4, -0.2) is 30.1 Å². The lowest BCUT2D eigenvalue weighted by Gasteiger charge is -2.32. The monoisotopic (exact) mass is 198 g/mol. The maximum absolute atomic E-state index is 5.57. The molecule has 2 nitrogen and oxygen atoms in total. The second-order valence-electron chi connectivity index (χ2n) is 4.44. The molecule has 2 heteroatoms. The Balaban J connectivity index is 2.40. The van der Waals surface area contributed by atoms with Crippen LogP contribution >= 0.6 is 0 Å². The van der Waals surface area contributed by atoms with Crippen molar-refractivity contribution in [1.82, 2.24) is 4.90 Å². The van der Waals surface area contributed by atoms with Gasteiger partial charge in [-0.25, -0.2) is 0 Å². The second-order valence-corrected chi connectivity index (χ2v) is 4.44. The van der Waals surface area contributed by atoms with Gasteiger partial charge in [0, 0.05) is 12.1 Å². The van der Waals surface area contributed by atoms with Crippen LogP contribution in [0.1, 0.15) is 52.4 Å². The fourth-order valence-corrected chi connectivity index (χ4v) is 2.76. The van der Waals surface area contributed by atoms with Gasteiger partial charge < -0.3 is 5.73 Å². The molecule has 84 valence electrons. The Morgan fingerprint density at radius 1 is 1.36 bits per heavy atom. The van der Waals surface area contributed by atoms with E-state index >= 15 is 0 Å². The van der Waals surface area contributed by atoms with Gasteiger partial charge in [-0.15, -0.1) is 0 Å². The maximum Gasteiger partial charge on any atom is 0.00991 e. The molecule has 0 spiro atoms.